The molecular weight excluding hydrogens is 336 g/mol. The number of aromatic nitrogens is 2. The Labute approximate surface area is 147 Å². The van der Waals surface area contributed by atoms with E-state index in [1.54, 1.807) is 24.3 Å². The maximum Gasteiger partial charge on any atom is 0.269 e. The Morgan fingerprint density at radius 2 is 1.81 bits per heavy atom. The molecule has 0 aliphatic rings. The van der Waals surface area contributed by atoms with E-state index in [2.05, 4.69) is 9.97 Å². The highest BCUT2D eigenvalue weighted by Crippen LogP contribution is 2.30. The van der Waals surface area contributed by atoms with E-state index in [0.717, 1.165) is 0 Å². The predicted molar refractivity (Wildman–Crippen MR) is 94.2 cm³/mol. The van der Waals surface area contributed by atoms with Gasteiger partial charge in [-0.25, -0.2) is 4.98 Å². The number of anilines is 2. The molecule has 0 saturated carbocycles. The minimum absolute atomic E-state index is 0.00306. The van der Waals surface area contributed by atoms with Crippen molar-refractivity contribution in [1.82, 2.24) is 9.97 Å². The maximum absolute atomic E-state index is 10.7. The number of nitrogen functional groups attached to an aromatic ring is 2. The van der Waals surface area contributed by atoms with Gasteiger partial charge in [-0.2, -0.15) is 10.2 Å². The smallest absolute Gasteiger partial charge is 0.269 e. The van der Waals surface area contributed by atoms with Crippen molar-refractivity contribution in [3.63, 3.8) is 0 Å². The van der Waals surface area contributed by atoms with Crippen molar-refractivity contribution >= 4 is 17.5 Å². The fourth-order valence-electron chi connectivity index (χ4n) is 2.29. The van der Waals surface area contributed by atoms with E-state index < -0.39 is 4.92 Å². The molecule has 1 heterocycles. The monoisotopic (exact) mass is 348 g/mol. The Kier molecular flexibility index (Phi) is 4.32. The number of nitro groups is 1. The number of rotatable bonds is 4. The van der Waals surface area contributed by atoms with Crippen LogP contribution in [0.15, 0.2) is 48.5 Å². The molecule has 0 fully saturated rings. The van der Waals surface area contributed by atoms with Crippen LogP contribution in [0.3, 0.4) is 0 Å². The topological polar surface area (TPSA) is 154 Å². The fourth-order valence-corrected chi connectivity index (χ4v) is 2.29. The molecule has 0 amide bonds. The lowest BCUT2D eigenvalue weighted by Crippen LogP contribution is -2.05. The second-order valence-corrected chi connectivity index (χ2v) is 5.18. The third-order valence-corrected chi connectivity index (χ3v) is 3.46. The van der Waals surface area contributed by atoms with E-state index in [-0.39, 0.29) is 23.0 Å². The van der Waals surface area contributed by atoms with E-state index in [1.165, 1.54) is 24.3 Å². The minimum atomic E-state index is -0.488. The number of nitrogens with zero attached hydrogens (tertiary/aromatic N) is 4. The molecule has 0 saturated heterocycles. The molecule has 0 aliphatic heterocycles. The highest BCUT2D eigenvalue weighted by molar-refractivity contribution is 5.73. The molecule has 0 unspecified atom stereocenters. The van der Waals surface area contributed by atoms with Crippen LogP contribution in [0.5, 0.6) is 11.5 Å². The van der Waals surface area contributed by atoms with Gasteiger partial charge in [-0.3, -0.25) is 10.1 Å². The lowest BCUT2D eigenvalue weighted by Gasteiger charge is -2.09. The number of nitrogens with two attached hydrogens (primary N) is 2. The van der Waals surface area contributed by atoms with Gasteiger partial charge in [0.15, 0.2) is 0 Å². The first kappa shape index (κ1) is 16.7. The van der Waals surface area contributed by atoms with Crippen LogP contribution in [0.4, 0.5) is 17.5 Å². The molecule has 0 spiro atoms. The normalized spacial score (nSPS) is 10.1. The lowest BCUT2D eigenvalue weighted by molar-refractivity contribution is -0.384. The zero-order chi connectivity index (χ0) is 18.7. The summed E-state index contributed by atoms with van der Waals surface area (Å²) >= 11 is 0. The zero-order valence-corrected chi connectivity index (χ0v) is 13.3. The van der Waals surface area contributed by atoms with Gasteiger partial charge in [0.2, 0.25) is 5.95 Å². The van der Waals surface area contributed by atoms with Crippen LogP contribution in [-0.2, 0) is 0 Å². The second kappa shape index (κ2) is 6.74. The van der Waals surface area contributed by atoms with Crippen molar-refractivity contribution in [3.05, 3.63) is 64.2 Å². The first-order valence-corrected chi connectivity index (χ1v) is 7.34. The number of hydrogen-bond acceptors (Lipinski definition) is 8. The number of nitro benzene ring substituents is 1. The number of non-ortho nitro benzene ring substituents is 1. The molecule has 9 nitrogen and oxygen atoms in total. The summed E-state index contributed by atoms with van der Waals surface area (Å²) < 4.78 is 5.70. The van der Waals surface area contributed by atoms with E-state index in [9.17, 15) is 15.4 Å². The molecule has 0 atom stereocenters. The molecular formula is C17H12N6O3. The first-order valence-electron chi connectivity index (χ1n) is 7.34. The van der Waals surface area contributed by atoms with Crippen molar-refractivity contribution in [2.24, 2.45) is 0 Å². The summed E-state index contributed by atoms with van der Waals surface area (Å²) in [6.07, 6.45) is 0. The average Bonchev–Trinajstić information content (AvgIpc) is 2.62. The van der Waals surface area contributed by atoms with Gasteiger partial charge in [0, 0.05) is 17.7 Å². The highest BCUT2D eigenvalue weighted by atomic mass is 16.6. The molecule has 3 rings (SSSR count). The Morgan fingerprint density at radius 3 is 2.46 bits per heavy atom. The molecule has 128 valence electrons. The SMILES string of the molecule is N#Cc1c(N)nc(N)nc1-c1cccc(Oc2ccc([N+](=O)[O-])cc2)c1. The van der Waals surface area contributed by atoms with Crippen molar-refractivity contribution in [3.8, 4) is 28.8 Å². The Hall–Kier alpha value is -4.19. The zero-order valence-electron chi connectivity index (χ0n) is 13.3. The molecule has 0 radical (unpaired) electrons. The van der Waals surface area contributed by atoms with Crippen molar-refractivity contribution in [2.45, 2.75) is 0 Å². The molecule has 3 aromatic rings. The van der Waals surface area contributed by atoms with Crippen molar-refractivity contribution < 1.29 is 9.66 Å². The molecule has 26 heavy (non-hydrogen) atoms. The summed E-state index contributed by atoms with van der Waals surface area (Å²) in [4.78, 5) is 18.1. The van der Waals surface area contributed by atoms with Crippen LogP contribution in [0.25, 0.3) is 11.3 Å². The predicted octanol–water partition coefficient (Wildman–Crippen LogP) is 2.88. The largest absolute Gasteiger partial charge is 0.457 e. The number of nitriles is 1. The third kappa shape index (κ3) is 3.34. The van der Waals surface area contributed by atoms with Crippen LogP contribution in [-0.4, -0.2) is 14.9 Å². The van der Waals surface area contributed by atoms with Gasteiger partial charge in [-0.1, -0.05) is 12.1 Å². The molecule has 0 aliphatic carbocycles. The van der Waals surface area contributed by atoms with Gasteiger partial charge in [0.25, 0.3) is 5.69 Å². The summed E-state index contributed by atoms with van der Waals surface area (Å²) in [6.45, 7) is 0. The van der Waals surface area contributed by atoms with Gasteiger partial charge >= 0.3 is 0 Å². The van der Waals surface area contributed by atoms with E-state index in [0.29, 0.717) is 22.8 Å². The minimum Gasteiger partial charge on any atom is -0.457 e. The molecule has 2 aromatic carbocycles. The molecule has 0 bridgehead atoms. The second-order valence-electron chi connectivity index (χ2n) is 5.18. The Bertz CT molecular complexity index is 1030. The summed E-state index contributed by atoms with van der Waals surface area (Å²) in [6, 6.07) is 14.4. The molecule has 1 aromatic heterocycles. The summed E-state index contributed by atoms with van der Waals surface area (Å²) in [5.41, 5.74) is 12.3. The first-order chi connectivity index (χ1) is 12.5. The van der Waals surface area contributed by atoms with Gasteiger partial charge in [-0.15, -0.1) is 0 Å². The maximum atomic E-state index is 10.7. The summed E-state index contributed by atoms with van der Waals surface area (Å²) in [5.74, 6) is 0.834. The lowest BCUT2D eigenvalue weighted by atomic mass is 10.1. The Balaban J connectivity index is 1.94. The quantitative estimate of drug-likeness (QED) is 0.538. The molecule has 9 heteroatoms. The van der Waals surface area contributed by atoms with Crippen LogP contribution in [0.1, 0.15) is 5.56 Å². The highest BCUT2D eigenvalue weighted by Gasteiger charge is 2.14. The van der Waals surface area contributed by atoms with Gasteiger partial charge < -0.3 is 16.2 Å². The Morgan fingerprint density at radius 1 is 1.08 bits per heavy atom. The van der Waals surface area contributed by atoms with Crippen LogP contribution >= 0.6 is 0 Å². The van der Waals surface area contributed by atoms with Crippen molar-refractivity contribution in [2.75, 3.05) is 11.5 Å². The van der Waals surface area contributed by atoms with Gasteiger partial charge in [0.05, 0.1) is 10.6 Å². The number of hydrogen-bond donors (Lipinski definition) is 2. The van der Waals surface area contributed by atoms with E-state index in [1.807, 2.05) is 6.07 Å². The summed E-state index contributed by atoms with van der Waals surface area (Å²) in [5, 5.41) is 20.0. The van der Waals surface area contributed by atoms with Gasteiger partial charge in [0.1, 0.15) is 28.9 Å². The fraction of sp³-hybridized carbons (Fsp3) is 0. The summed E-state index contributed by atoms with van der Waals surface area (Å²) in [7, 11) is 0. The van der Waals surface area contributed by atoms with E-state index >= 15 is 0 Å². The van der Waals surface area contributed by atoms with Crippen LogP contribution in [0, 0.1) is 21.4 Å². The van der Waals surface area contributed by atoms with Gasteiger partial charge in [-0.05, 0) is 24.3 Å². The number of benzene rings is 2. The van der Waals surface area contributed by atoms with E-state index in [4.69, 9.17) is 16.2 Å². The van der Waals surface area contributed by atoms with Crippen LogP contribution < -0.4 is 16.2 Å². The molecule has 4 N–H and O–H groups in total. The standard InChI is InChI=1S/C17H12N6O3/c18-9-14-15(21-17(20)22-16(14)19)10-2-1-3-13(8-10)26-12-6-4-11(5-7-12)23(24)25/h1-8H,(H4,19,20,21,22). The third-order valence-electron chi connectivity index (χ3n) is 3.46. The van der Waals surface area contributed by atoms with Crippen LogP contribution in [0.2, 0.25) is 0 Å². The number of ether oxygens (including phenoxy) is 1. The average molecular weight is 348 g/mol. The van der Waals surface area contributed by atoms with Crippen molar-refractivity contribution in [1.29, 1.82) is 5.26 Å².